The smallest absolute Gasteiger partial charge is 0.268 e. The minimum Gasteiger partial charge on any atom is -0.300 e. The molecular formula is C8H12O4S. The zero-order valence-electron chi connectivity index (χ0n) is 7.45. The molecule has 0 aromatic rings. The van der Waals surface area contributed by atoms with Crippen molar-refractivity contribution in [1.29, 1.82) is 0 Å². The van der Waals surface area contributed by atoms with Crippen molar-refractivity contribution in [2.45, 2.75) is 19.8 Å². The third-order valence-electron chi connectivity index (χ3n) is 1.35. The fraction of sp³-hybridized carbons (Fsp3) is 0.625. The van der Waals surface area contributed by atoms with E-state index >= 15 is 0 Å². The van der Waals surface area contributed by atoms with Crippen LogP contribution in [0, 0.1) is 12.3 Å². The summed E-state index contributed by atoms with van der Waals surface area (Å²) < 4.78 is 26.2. The van der Waals surface area contributed by atoms with E-state index in [0.717, 1.165) is 0 Å². The van der Waals surface area contributed by atoms with Gasteiger partial charge in [-0.1, -0.05) is 12.8 Å². The van der Waals surface area contributed by atoms with Gasteiger partial charge in [0.25, 0.3) is 10.1 Å². The molecule has 0 aromatic heterocycles. The minimum absolute atomic E-state index is 0.0105. The van der Waals surface area contributed by atoms with Gasteiger partial charge in [0.2, 0.25) is 0 Å². The molecule has 0 saturated carbocycles. The molecule has 13 heavy (non-hydrogen) atoms. The number of carbonyl (C=O) groups is 1. The summed E-state index contributed by atoms with van der Waals surface area (Å²) >= 11 is 0. The first-order valence-corrected chi connectivity index (χ1v) is 5.42. The van der Waals surface area contributed by atoms with E-state index in [9.17, 15) is 13.2 Å². The van der Waals surface area contributed by atoms with E-state index in [1.54, 1.807) is 6.92 Å². The molecule has 5 heteroatoms. The number of hydrogen-bond acceptors (Lipinski definition) is 4. The van der Waals surface area contributed by atoms with Crippen molar-refractivity contribution in [2.24, 2.45) is 0 Å². The van der Waals surface area contributed by atoms with Gasteiger partial charge in [-0.15, -0.1) is 6.42 Å². The van der Waals surface area contributed by atoms with Gasteiger partial charge in [0, 0.05) is 12.8 Å². The minimum atomic E-state index is -3.61. The molecule has 0 aliphatic heterocycles. The lowest BCUT2D eigenvalue weighted by Gasteiger charge is -2.00. The lowest BCUT2D eigenvalue weighted by atomic mass is 10.2. The lowest BCUT2D eigenvalue weighted by Crippen LogP contribution is -2.13. The molecule has 0 aromatic carbocycles. The molecule has 0 atom stereocenters. The van der Waals surface area contributed by atoms with E-state index < -0.39 is 10.1 Å². The van der Waals surface area contributed by atoms with Crippen LogP contribution < -0.4 is 0 Å². The van der Waals surface area contributed by atoms with Crippen LogP contribution >= 0.6 is 0 Å². The first-order valence-electron chi connectivity index (χ1n) is 3.84. The van der Waals surface area contributed by atoms with Gasteiger partial charge in [0.1, 0.15) is 12.4 Å². The van der Waals surface area contributed by atoms with Crippen molar-refractivity contribution in [3.8, 4) is 12.3 Å². The third-order valence-corrected chi connectivity index (χ3v) is 2.53. The zero-order valence-corrected chi connectivity index (χ0v) is 8.26. The molecule has 0 aliphatic carbocycles. The summed E-state index contributed by atoms with van der Waals surface area (Å²) in [5.74, 6) is 1.64. The van der Waals surface area contributed by atoms with E-state index in [2.05, 4.69) is 4.18 Å². The summed E-state index contributed by atoms with van der Waals surface area (Å²) in [5.41, 5.74) is 0. The average molecular weight is 204 g/mol. The normalized spacial score (nSPS) is 10.8. The van der Waals surface area contributed by atoms with Gasteiger partial charge in [-0.2, -0.15) is 8.42 Å². The molecule has 0 N–H and O–H groups in total. The highest BCUT2D eigenvalue weighted by atomic mass is 32.2. The summed E-state index contributed by atoms with van der Waals surface area (Å²) in [4.78, 5) is 10.8. The number of terminal acetylenes is 1. The molecule has 0 aliphatic rings. The maximum Gasteiger partial charge on any atom is 0.268 e. The lowest BCUT2D eigenvalue weighted by molar-refractivity contribution is -0.118. The predicted molar refractivity (Wildman–Crippen MR) is 48.5 cm³/mol. The molecule has 0 fully saturated rings. The van der Waals surface area contributed by atoms with Gasteiger partial charge in [-0.25, -0.2) is 0 Å². The molecule has 0 bridgehead atoms. The SMILES string of the molecule is C#CCOS(=O)(=O)CCC(=O)CC. The average Bonchev–Trinajstić information content (AvgIpc) is 2.11. The molecule has 0 amide bonds. The Hall–Kier alpha value is -0.860. The van der Waals surface area contributed by atoms with Crippen molar-refractivity contribution < 1.29 is 17.4 Å². The Balaban J connectivity index is 3.91. The fourth-order valence-corrected chi connectivity index (χ4v) is 1.44. The second-order valence-corrected chi connectivity index (χ2v) is 4.13. The van der Waals surface area contributed by atoms with Crippen molar-refractivity contribution >= 4 is 15.9 Å². The number of hydrogen-bond donors (Lipinski definition) is 0. The molecule has 4 nitrogen and oxygen atoms in total. The molecule has 0 radical (unpaired) electrons. The van der Waals surface area contributed by atoms with Gasteiger partial charge < -0.3 is 0 Å². The van der Waals surface area contributed by atoms with Crippen LogP contribution in [0.5, 0.6) is 0 Å². The van der Waals surface area contributed by atoms with Gasteiger partial charge in [0.15, 0.2) is 0 Å². The van der Waals surface area contributed by atoms with Crippen LogP contribution in [-0.2, 0) is 19.1 Å². The van der Waals surface area contributed by atoms with Crippen LogP contribution in [0.2, 0.25) is 0 Å². The second-order valence-electron chi connectivity index (χ2n) is 2.37. The van der Waals surface area contributed by atoms with Gasteiger partial charge in [0.05, 0.1) is 5.75 Å². The fourth-order valence-electron chi connectivity index (χ4n) is 0.598. The van der Waals surface area contributed by atoms with E-state index in [1.807, 2.05) is 5.92 Å². The van der Waals surface area contributed by atoms with E-state index in [1.165, 1.54) is 0 Å². The summed E-state index contributed by atoms with van der Waals surface area (Å²) in [7, 11) is -3.61. The quantitative estimate of drug-likeness (QED) is 0.462. The Morgan fingerprint density at radius 2 is 2.15 bits per heavy atom. The van der Waals surface area contributed by atoms with Crippen molar-refractivity contribution in [1.82, 2.24) is 0 Å². The highest BCUT2D eigenvalue weighted by Gasteiger charge is 2.12. The maximum atomic E-state index is 10.9. The molecule has 0 rings (SSSR count). The highest BCUT2D eigenvalue weighted by molar-refractivity contribution is 7.86. The molecule has 0 saturated heterocycles. The predicted octanol–water partition coefficient (Wildman–Crippen LogP) is 0.335. The Morgan fingerprint density at radius 1 is 1.54 bits per heavy atom. The standard InChI is InChI=1S/C8H12O4S/c1-3-6-12-13(10,11)7-5-8(9)4-2/h1H,4-7H2,2H3. The molecular weight excluding hydrogens is 192 g/mol. The Morgan fingerprint density at radius 3 is 2.62 bits per heavy atom. The monoisotopic (exact) mass is 204 g/mol. The van der Waals surface area contributed by atoms with Crippen LogP contribution in [0.15, 0.2) is 0 Å². The second kappa shape index (κ2) is 5.73. The summed E-state index contributed by atoms with van der Waals surface area (Å²) in [6.07, 6.45) is 5.14. The van der Waals surface area contributed by atoms with E-state index in [-0.39, 0.29) is 24.6 Å². The van der Waals surface area contributed by atoms with Crippen LogP contribution in [0.4, 0.5) is 0 Å². The topological polar surface area (TPSA) is 60.4 Å². The van der Waals surface area contributed by atoms with Crippen LogP contribution in [-0.4, -0.2) is 26.6 Å². The van der Waals surface area contributed by atoms with Crippen molar-refractivity contribution in [3.63, 3.8) is 0 Å². The largest absolute Gasteiger partial charge is 0.300 e. The van der Waals surface area contributed by atoms with Crippen LogP contribution in [0.3, 0.4) is 0 Å². The van der Waals surface area contributed by atoms with Crippen molar-refractivity contribution in [2.75, 3.05) is 12.4 Å². The number of ketones is 1. The van der Waals surface area contributed by atoms with Gasteiger partial charge >= 0.3 is 0 Å². The Bertz CT molecular complexity index is 297. The number of carbonyl (C=O) groups excluding carboxylic acids is 1. The maximum absolute atomic E-state index is 10.9. The first kappa shape index (κ1) is 12.1. The zero-order chi connectivity index (χ0) is 10.3. The van der Waals surface area contributed by atoms with Crippen molar-refractivity contribution in [3.05, 3.63) is 0 Å². The molecule has 74 valence electrons. The third kappa shape index (κ3) is 6.31. The van der Waals surface area contributed by atoms with Crippen LogP contribution in [0.25, 0.3) is 0 Å². The number of Topliss-reactive ketones (excluding diaryl/α,β-unsaturated/α-hetero) is 1. The Labute approximate surface area is 78.4 Å². The summed E-state index contributed by atoms with van der Waals surface area (Å²) in [6, 6.07) is 0. The van der Waals surface area contributed by atoms with E-state index in [0.29, 0.717) is 6.42 Å². The van der Waals surface area contributed by atoms with Gasteiger partial charge in [-0.05, 0) is 0 Å². The molecule has 0 unspecified atom stereocenters. The first-order chi connectivity index (χ1) is 6.02. The molecule has 0 spiro atoms. The summed E-state index contributed by atoms with van der Waals surface area (Å²) in [6.45, 7) is 1.40. The van der Waals surface area contributed by atoms with Gasteiger partial charge in [-0.3, -0.25) is 8.98 Å². The Kier molecular flexibility index (Phi) is 5.35. The number of rotatable bonds is 6. The highest BCUT2D eigenvalue weighted by Crippen LogP contribution is 1.98. The van der Waals surface area contributed by atoms with E-state index in [4.69, 9.17) is 6.42 Å². The molecule has 0 heterocycles. The summed E-state index contributed by atoms with van der Waals surface area (Å²) in [5, 5.41) is 0. The van der Waals surface area contributed by atoms with Crippen LogP contribution in [0.1, 0.15) is 19.8 Å².